The summed E-state index contributed by atoms with van der Waals surface area (Å²) in [6.07, 6.45) is 2.79. The molecule has 1 aromatic carbocycles. The van der Waals surface area contributed by atoms with Crippen molar-refractivity contribution in [1.82, 2.24) is 19.6 Å². The summed E-state index contributed by atoms with van der Waals surface area (Å²) in [6, 6.07) is 13.1. The van der Waals surface area contributed by atoms with Crippen LogP contribution in [0.1, 0.15) is 29.4 Å². The standard InChI is InChI=1S/C19H22N6O2/c1-3-25-12-11-16(23-25)20-19(27)15-13-17(24(2)22-15)21-18(26)10-9-14-7-5-4-6-8-14/h4-8,11-13H,3,9-10H2,1-2H3,(H,21,26)(H,20,23,27). The third-order valence-corrected chi connectivity index (χ3v) is 4.07. The zero-order chi connectivity index (χ0) is 19.2. The Hall–Kier alpha value is -3.42. The van der Waals surface area contributed by atoms with Crippen molar-refractivity contribution in [1.29, 1.82) is 0 Å². The average Bonchev–Trinajstić information content (AvgIpc) is 3.27. The van der Waals surface area contributed by atoms with Gasteiger partial charge in [-0.1, -0.05) is 30.3 Å². The average molecular weight is 366 g/mol. The van der Waals surface area contributed by atoms with Crippen LogP contribution in [0, 0.1) is 0 Å². The van der Waals surface area contributed by atoms with Gasteiger partial charge in [-0.15, -0.1) is 0 Å². The Kier molecular flexibility index (Phi) is 5.65. The molecule has 0 bridgehead atoms. The summed E-state index contributed by atoms with van der Waals surface area (Å²) in [5, 5.41) is 13.9. The lowest BCUT2D eigenvalue weighted by Crippen LogP contribution is -2.14. The number of benzene rings is 1. The van der Waals surface area contributed by atoms with Crippen molar-refractivity contribution in [2.24, 2.45) is 7.05 Å². The number of aromatic nitrogens is 4. The van der Waals surface area contributed by atoms with E-state index in [1.807, 2.05) is 37.3 Å². The Labute approximate surface area is 157 Å². The quantitative estimate of drug-likeness (QED) is 0.672. The molecule has 8 nitrogen and oxygen atoms in total. The van der Waals surface area contributed by atoms with Crippen LogP contribution in [0.2, 0.25) is 0 Å². The second-order valence-corrected chi connectivity index (χ2v) is 6.08. The second kappa shape index (κ2) is 8.31. The Morgan fingerprint density at radius 3 is 2.56 bits per heavy atom. The molecule has 2 N–H and O–H groups in total. The highest BCUT2D eigenvalue weighted by Crippen LogP contribution is 2.12. The molecular formula is C19H22N6O2. The highest BCUT2D eigenvalue weighted by Gasteiger charge is 2.15. The van der Waals surface area contributed by atoms with Gasteiger partial charge in [-0.3, -0.25) is 19.0 Å². The van der Waals surface area contributed by atoms with Crippen molar-refractivity contribution in [3.05, 3.63) is 59.9 Å². The van der Waals surface area contributed by atoms with Crippen LogP contribution in [-0.2, 0) is 24.8 Å². The topological polar surface area (TPSA) is 93.8 Å². The van der Waals surface area contributed by atoms with Crippen LogP contribution in [0.25, 0.3) is 0 Å². The second-order valence-electron chi connectivity index (χ2n) is 6.08. The molecule has 3 rings (SSSR count). The molecule has 0 unspecified atom stereocenters. The van der Waals surface area contributed by atoms with E-state index in [2.05, 4.69) is 20.8 Å². The molecule has 3 aromatic rings. The van der Waals surface area contributed by atoms with E-state index >= 15 is 0 Å². The number of aryl methyl sites for hydroxylation is 3. The van der Waals surface area contributed by atoms with Crippen molar-refractivity contribution in [2.75, 3.05) is 10.6 Å². The zero-order valence-corrected chi connectivity index (χ0v) is 15.3. The molecule has 2 amide bonds. The van der Waals surface area contributed by atoms with E-state index in [4.69, 9.17) is 0 Å². The van der Waals surface area contributed by atoms with Crippen molar-refractivity contribution < 1.29 is 9.59 Å². The van der Waals surface area contributed by atoms with Crippen LogP contribution in [0.4, 0.5) is 11.6 Å². The van der Waals surface area contributed by atoms with E-state index in [-0.39, 0.29) is 17.5 Å². The molecule has 140 valence electrons. The first-order valence-corrected chi connectivity index (χ1v) is 8.77. The number of nitrogens with zero attached hydrogens (tertiary/aromatic N) is 4. The highest BCUT2D eigenvalue weighted by molar-refractivity contribution is 6.03. The van der Waals surface area contributed by atoms with Gasteiger partial charge in [0.05, 0.1) is 0 Å². The summed E-state index contributed by atoms with van der Waals surface area (Å²) in [7, 11) is 1.68. The van der Waals surface area contributed by atoms with E-state index in [0.29, 0.717) is 24.5 Å². The maximum Gasteiger partial charge on any atom is 0.277 e. The smallest absolute Gasteiger partial charge is 0.277 e. The van der Waals surface area contributed by atoms with Gasteiger partial charge in [0.25, 0.3) is 5.91 Å². The maximum atomic E-state index is 12.3. The number of carbonyl (C=O) groups is 2. The lowest BCUT2D eigenvalue weighted by Gasteiger charge is -2.05. The van der Waals surface area contributed by atoms with Crippen LogP contribution >= 0.6 is 0 Å². The molecule has 0 aliphatic heterocycles. The molecule has 0 aliphatic rings. The van der Waals surface area contributed by atoms with E-state index in [1.54, 1.807) is 30.1 Å². The van der Waals surface area contributed by atoms with E-state index in [1.165, 1.54) is 4.68 Å². The first kappa shape index (κ1) is 18.4. The van der Waals surface area contributed by atoms with Crippen molar-refractivity contribution >= 4 is 23.5 Å². The molecular weight excluding hydrogens is 344 g/mol. The minimum Gasteiger partial charge on any atom is -0.311 e. The highest BCUT2D eigenvalue weighted by atomic mass is 16.2. The van der Waals surface area contributed by atoms with Gasteiger partial charge in [0.1, 0.15) is 5.82 Å². The maximum absolute atomic E-state index is 12.3. The summed E-state index contributed by atoms with van der Waals surface area (Å²) in [4.78, 5) is 24.5. The lowest BCUT2D eigenvalue weighted by molar-refractivity contribution is -0.116. The van der Waals surface area contributed by atoms with E-state index < -0.39 is 0 Å². The first-order chi connectivity index (χ1) is 13.0. The Morgan fingerprint density at radius 1 is 1.07 bits per heavy atom. The number of anilines is 2. The Balaban J connectivity index is 1.58. The van der Waals surface area contributed by atoms with Crippen molar-refractivity contribution in [3.8, 4) is 0 Å². The Morgan fingerprint density at radius 2 is 1.85 bits per heavy atom. The van der Waals surface area contributed by atoms with Gasteiger partial charge >= 0.3 is 0 Å². The van der Waals surface area contributed by atoms with E-state index in [9.17, 15) is 9.59 Å². The fourth-order valence-corrected chi connectivity index (χ4v) is 2.59. The molecule has 27 heavy (non-hydrogen) atoms. The lowest BCUT2D eigenvalue weighted by atomic mass is 10.1. The third kappa shape index (κ3) is 4.81. The van der Waals surface area contributed by atoms with Gasteiger partial charge < -0.3 is 10.6 Å². The molecule has 0 spiro atoms. The molecule has 0 aliphatic carbocycles. The molecule has 0 fully saturated rings. The number of hydrogen-bond acceptors (Lipinski definition) is 4. The fraction of sp³-hybridized carbons (Fsp3) is 0.263. The summed E-state index contributed by atoms with van der Waals surface area (Å²) >= 11 is 0. The van der Waals surface area contributed by atoms with Gasteiger partial charge in [-0.25, -0.2) is 0 Å². The molecule has 0 saturated heterocycles. The molecule has 0 atom stereocenters. The molecule has 8 heteroatoms. The van der Waals surface area contributed by atoms with Crippen LogP contribution in [0.15, 0.2) is 48.7 Å². The van der Waals surface area contributed by atoms with Crippen molar-refractivity contribution in [2.45, 2.75) is 26.3 Å². The predicted octanol–water partition coefficient (Wildman–Crippen LogP) is 2.46. The molecule has 2 heterocycles. The van der Waals surface area contributed by atoms with Crippen LogP contribution < -0.4 is 10.6 Å². The van der Waals surface area contributed by atoms with E-state index in [0.717, 1.165) is 12.1 Å². The zero-order valence-electron chi connectivity index (χ0n) is 15.3. The fourth-order valence-electron chi connectivity index (χ4n) is 2.59. The SMILES string of the molecule is CCn1ccc(NC(=O)c2cc(NC(=O)CCc3ccccc3)n(C)n2)n1. The minimum absolute atomic E-state index is 0.129. The number of carbonyl (C=O) groups excluding carboxylic acids is 2. The van der Waals surface area contributed by atoms with Gasteiger partial charge in [-0.2, -0.15) is 10.2 Å². The third-order valence-electron chi connectivity index (χ3n) is 4.07. The number of hydrogen-bond donors (Lipinski definition) is 2. The summed E-state index contributed by atoms with van der Waals surface area (Å²) in [5.41, 5.74) is 1.31. The molecule has 0 radical (unpaired) electrons. The van der Waals surface area contributed by atoms with Gasteiger partial charge in [0, 0.05) is 38.3 Å². The first-order valence-electron chi connectivity index (χ1n) is 8.77. The van der Waals surface area contributed by atoms with Crippen LogP contribution in [-0.4, -0.2) is 31.4 Å². The monoisotopic (exact) mass is 366 g/mol. The predicted molar refractivity (Wildman–Crippen MR) is 102 cm³/mol. The number of rotatable bonds is 7. The van der Waals surface area contributed by atoms with Gasteiger partial charge in [0.2, 0.25) is 5.91 Å². The van der Waals surface area contributed by atoms with Gasteiger partial charge in [-0.05, 0) is 18.9 Å². The van der Waals surface area contributed by atoms with Crippen LogP contribution in [0.5, 0.6) is 0 Å². The minimum atomic E-state index is -0.378. The summed E-state index contributed by atoms with van der Waals surface area (Å²) in [5.74, 6) is 0.422. The number of nitrogens with one attached hydrogen (secondary N) is 2. The molecule has 0 saturated carbocycles. The largest absolute Gasteiger partial charge is 0.311 e. The Bertz CT molecular complexity index is 929. The normalized spacial score (nSPS) is 10.6. The number of amides is 2. The van der Waals surface area contributed by atoms with Crippen LogP contribution in [0.3, 0.4) is 0 Å². The summed E-state index contributed by atoms with van der Waals surface area (Å²) in [6.45, 7) is 2.68. The van der Waals surface area contributed by atoms with Gasteiger partial charge in [0.15, 0.2) is 11.5 Å². The van der Waals surface area contributed by atoms with Crippen molar-refractivity contribution in [3.63, 3.8) is 0 Å². The molecule has 2 aromatic heterocycles. The summed E-state index contributed by atoms with van der Waals surface area (Å²) < 4.78 is 3.19.